The summed E-state index contributed by atoms with van der Waals surface area (Å²) in [6.07, 6.45) is -1.35. The maximum absolute atomic E-state index is 14.0. The van der Waals surface area contributed by atoms with Crippen LogP contribution < -0.4 is 4.80 Å². The van der Waals surface area contributed by atoms with Crippen LogP contribution >= 0.6 is 11.3 Å². The summed E-state index contributed by atoms with van der Waals surface area (Å²) < 4.78 is 54.3. The number of alkyl halides is 3. The Bertz CT molecular complexity index is 1050. The highest BCUT2D eigenvalue weighted by molar-refractivity contribution is 7.15. The lowest BCUT2D eigenvalue weighted by atomic mass is 10.1. The fourth-order valence-corrected chi connectivity index (χ4v) is 3.54. The number of rotatable bonds is 4. The lowest BCUT2D eigenvalue weighted by Crippen LogP contribution is -2.18. The second-order valence-corrected chi connectivity index (χ2v) is 6.78. The lowest BCUT2D eigenvalue weighted by molar-refractivity contribution is -0.137. The van der Waals surface area contributed by atoms with Crippen LogP contribution in [0.3, 0.4) is 0 Å². The maximum atomic E-state index is 14.0. The Labute approximate surface area is 155 Å². The van der Waals surface area contributed by atoms with Crippen molar-refractivity contribution < 1.29 is 22.4 Å². The first-order valence-electron chi connectivity index (χ1n) is 8.21. The van der Waals surface area contributed by atoms with Gasteiger partial charge in [0.1, 0.15) is 10.6 Å². The van der Waals surface area contributed by atoms with Gasteiger partial charge in [0.2, 0.25) is 0 Å². The van der Waals surface area contributed by atoms with Crippen LogP contribution in [-0.4, -0.2) is 15.5 Å². The van der Waals surface area contributed by atoms with Gasteiger partial charge in [-0.15, -0.1) is 0 Å². The molecule has 0 atom stereocenters. The van der Waals surface area contributed by atoms with Crippen molar-refractivity contribution in [3.8, 4) is 0 Å². The largest absolute Gasteiger partial charge is 0.416 e. The molecule has 27 heavy (non-hydrogen) atoms. The van der Waals surface area contributed by atoms with Crippen LogP contribution in [0.15, 0.2) is 41.5 Å². The van der Waals surface area contributed by atoms with Gasteiger partial charge in [-0.2, -0.15) is 18.2 Å². The summed E-state index contributed by atoms with van der Waals surface area (Å²) in [7, 11) is 0. The zero-order chi connectivity index (χ0) is 19.6. The van der Waals surface area contributed by atoms with Crippen LogP contribution in [0.25, 0.3) is 10.3 Å². The second-order valence-electron chi connectivity index (χ2n) is 5.83. The van der Waals surface area contributed by atoms with E-state index in [0.717, 1.165) is 29.7 Å². The number of carbonyl (C=O) groups is 1. The molecule has 0 fully saturated rings. The van der Waals surface area contributed by atoms with Gasteiger partial charge in [0.25, 0.3) is 5.91 Å². The van der Waals surface area contributed by atoms with E-state index >= 15 is 0 Å². The molecule has 0 radical (unpaired) electrons. The number of nitrogens with zero attached hydrogens (tertiary/aromatic N) is 3. The van der Waals surface area contributed by atoms with Gasteiger partial charge < -0.3 is 4.57 Å². The number of amides is 1. The minimum atomic E-state index is -4.68. The molecule has 1 amide bonds. The second kappa shape index (κ2) is 7.59. The van der Waals surface area contributed by atoms with E-state index in [1.54, 1.807) is 16.8 Å². The van der Waals surface area contributed by atoms with Gasteiger partial charge in [-0.05, 0) is 36.8 Å². The van der Waals surface area contributed by atoms with E-state index in [9.17, 15) is 22.4 Å². The zero-order valence-electron chi connectivity index (χ0n) is 14.3. The molecule has 0 unspecified atom stereocenters. The Balaban J connectivity index is 2.10. The molecule has 0 bridgehead atoms. The van der Waals surface area contributed by atoms with Gasteiger partial charge in [-0.3, -0.25) is 4.79 Å². The predicted octanol–water partition coefficient (Wildman–Crippen LogP) is 4.80. The smallest absolute Gasteiger partial charge is 0.315 e. The van der Waals surface area contributed by atoms with Crippen molar-refractivity contribution in [2.24, 2.45) is 4.99 Å². The average Bonchev–Trinajstić information content (AvgIpc) is 2.96. The van der Waals surface area contributed by atoms with Crippen LogP contribution in [0.4, 0.5) is 17.6 Å². The quantitative estimate of drug-likeness (QED) is 0.594. The molecule has 3 aromatic rings. The molecule has 2 heterocycles. The van der Waals surface area contributed by atoms with Crippen molar-refractivity contribution in [2.75, 3.05) is 0 Å². The molecule has 0 saturated carbocycles. The Hall–Kier alpha value is -2.55. The monoisotopic (exact) mass is 397 g/mol. The van der Waals surface area contributed by atoms with E-state index in [1.165, 1.54) is 0 Å². The Morgan fingerprint density at radius 1 is 1.30 bits per heavy atom. The fraction of sp³-hybridized carbons (Fsp3) is 0.278. The molecule has 2 aromatic heterocycles. The number of thiazole rings is 1. The highest BCUT2D eigenvalue weighted by Gasteiger charge is 2.32. The number of hydrogen-bond acceptors (Lipinski definition) is 3. The molecule has 0 aliphatic carbocycles. The molecule has 9 heteroatoms. The van der Waals surface area contributed by atoms with E-state index in [-0.39, 0.29) is 4.80 Å². The molecule has 1 aromatic carbocycles. The predicted molar refractivity (Wildman–Crippen MR) is 93.8 cm³/mol. The molecule has 0 spiro atoms. The zero-order valence-corrected chi connectivity index (χ0v) is 15.1. The summed E-state index contributed by atoms with van der Waals surface area (Å²) in [6, 6.07) is 5.28. The van der Waals surface area contributed by atoms with Crippen LogP contribution in [0, 0.1) is 5.82 Å². The summed E-state index contributed by atoms with van der Waals surface area (Å²) in [5.41, 5.74) is -1.04. The van der Waals surface area contributed by atoms with Gasteiger partial charge >= 0.3 is 6.18 Å². The maximum Gasteiger partial charge on any atom is 0.416 e. The summed E-state index contributed by atoms with van der Waals surface area (Å²) in [5.74, 6) is -2.11. The molecular weight excluding hydrogens is 382 g/mol. The van der Waals surface area contributed by atoms with E-state index in [4.69, 9.17) is 0 Å². The topological polar surface area (TPSA) is 47.2 Å². The van der Waals surface area contributed by atoms with Crippen LogP contribution in [-0.2, 0) is 12.7 Å². The van der Waals surface area contributed by atoms with Crippen LogP contribution in [0.1, 0.15) is 35.7 Å². The summed E-state index contributed by atoms with van der Waals surface area (Å²) in [6.45, 7) is 2.58. The SMILES string of the molecule is CCCCn1c(=NC(=O)c2cc(C(F)(F)F)ccc2F)sc2ncccc21. The number of aromatic nitrogens is 2. The molecular formula is C18H15F4N3OS. The minimum absolute atomic E-state index is 0.277. The van der Waals surface area contributed by atoms with Crippen LogP contribution in [0.5, 0.6) is 0 Å². The van der Waals surface area contributed by atoms with Gasteiger partial charge in [0.05, 0.1) is 16.6 Å². The van der Waals surface area contributed by atoms with Crippen molar-refractivity contribution in [2.45, 2.75) is 32.5 Å². The number of carbonyl (C=O) groups excluding carboxylic acids is 1. The van der Waals surface area contributed by atoms with Crippen molar-refractivity contribution >= 4 is 27.6 Å². The third-order valence-corrected chi connectivity index (χ3v) is 4.92. The highest BCUT2D eigenvalue weighted by Crippen LogP contribution is 2.30. The number of halogens is 4. The minimum Gasteiger partial charge on any atom is -0.315 e. The Morgan fingerprint density at radius 3 is 2.78 bits per heavy atom. The van der Waals surface area contributed by atoms with E-state index in [1.807, 2.05) is 13.0 Å². The van der Waals surface area contributed by atoms with Crippen molar-refractivity contribution in [3.63, 3.8) is 0 Å². The van der Waals surface area contributed by atoms with E-state index in [0.29, 0.717) is 29.6 Å². The summed E-state index contributed by atoms with van der Waals surface area (Å²) in [4.78, 5) is 21.5. The number of pyridine rings is 1. The number of fused-ring (bicyclic) bond motifs is 1. The lowest BCUT2D eigenvalue weighted by Gasteiger charge is -2.08. The third kappa shape index (κ3) is 4.08. The molecule has 0 aliphatic rings. The summed E-state index contributed by atoms with van der Waals surface area (Å²) >= 11 is 1.13. The average molecular weight is 397 g/mol. The standard InChI is InChI=1S/C18H15F4N3OS/c1-2-3-9-25-14-5-4-8-23-16(14)27-17(25)24-15(26)12-10-11(18(20,21)22)6-7-13(12)19/h4-8,10H,2-3,9H2,1H3. The van der Waals surface area contributed by atoms with Crippen LogP contribution in [0.2, 0.25) is 0 Å². The molecule has 4 nitrogen and oxygen atoms in total. The first-order valence-corrected chi connectivity index (χ1v) is 9.03. The van der Waals surface area contributed by atoms with Crippen molar-refractivity contribution in [1.29, 1.82) is 0 Å². The van der Waals surface area contributed by atoms with Gasteiger partial charge in [0.15, 0.2) is 4.80 Å². The molecule has 142 valence electrons. The number of unbranched alkanes of at least 4 members (excludes halogenated alkanes) is 1. The van der Waals surface area contributed by atoms with E-state index < -0.39 is 29.0 Å². The number of aryl methyl sites for hydroxylation is 1. The molecule has 0 saturated heterocycles. The van der Waals surface area contributed by atoms with Gasteiger partial charge in [-0.1, -0.05) is 24.7 Å². The van der Waals surface area contributed by atoms with Crippen molar-refractivity contribution in [1.82, 2.24) is 9.55 Å². The highest BCUT2D eigenvalue weighted by atomic mass is 32.1. The van der Waals surface area contributed by atoms with Gasteiger partial charge in [0, 0.05) is 12.7 Å². The van der Waals surface area contributed by atoms with Crippen molar-refractivity contribution in [3.05, 3.63) is 58.3 Å². The fourth-order valence-electron chi connectivity index (χ4n) is 2.54. The summed E-state index contributed by atoms with van der Waals surface area (Å²) in [5, 5.41) is 0. The number of hydrogen-bond donors (Lipinski definition) is 0. The first kappa shape index (κ1) is 19.2. The Morgan fingerprint density at radius 2 is 2.07 bits per heavy atom. The Kier molecular flexibility index (Phi) is 5.41. The molecule has 3 rings (SSSR count). The van der Waals surface area contributed by atoms with Gasteiger partial charge in [-0.25, -0.2) is 9.37 Å². The molecule has 0 aliphatic heterocycles. The molecule has 0 N–H and O–H groups in total. The first-order chi connectivity index (χ1) is 12.8. The number of benzene rings is 1. The normalized spacial score (nSPS) is 12.7. The van der Waals surface area contributed by atoms with E-state index in [2.05, 4.69) is 9.98 Å². The third-order valence-electron chi connectivity index (χ3n) is 3.92.